The summed E-state index contributed by atoms with van der Waals surface area (Å²) in [5, 5.41) is 9.44. The van der Waals surface area contributed by atoms with Crippen LogP contribution >= 0.6 is 0 Å². The van der Waals surface area contributed by atoms with Gasteiger partial charge in [-0.3, -0.25) is 0 Å². The standard InChI is InChI=1S/C13H25OSi.3C4H9.Sn/c1-13(10-8-11-14)9-6-5-7-12-15(2,3)4;3*1-3-4-2;/h13-14H,1,5-6,8-11H2,2-4H3;3*1,3-4H2,2H3;. The fourth-order valence-electron chi connectivity index (χ4n) is 4.48. The van der Waals surface area contributed by atoms with Crippen molar-refractivity contribution < 1.29 is 5.11 Å². The Labute approximate surface area is 183 Å². The SMILES string of the molecule is CCC[CH2][Sn]([CH2]CCC)([CH2]CCC)[CH2]C(CCCO)CCCC#C[Si](C)(C)C. The number of hydrogen-bond acceptors (Lipinski definition) is 1. The third-order valence-corrected chi connectivity index (χ3v) is 23.2. The van der Waals surface area contributed by atoms with E-state index in [-0.39, 0.29) is 0 Å². The second kappa shape index (κ2) is 17.2. The zero-order valence-electron chi connectivity index (χ0n) is 20.3. The van der Waals surface area contributed by atoms with E-state index >= 15 is 0 Å². The van der Waals surface area contributed by atoms with Crippen LogP contribution in [0.2, 0.25) is 37.4 Å². The average Bonchev–Trinajstić information content (AvgIpc) is 2.65. The van der Waals surface area contributed by atoms with Crippen molar-refractivity contribution in [2.75, 3.05) is 6.61 Å². The zero-order valence-corrected chi connectivity index (χ0v) is 24.2. The van der Waals surface area contributed by atoms with Gasteiger partial charge in [0.05, 0.1) is 0 Å². The van der Waals surface area contributed by atoms with Crippen LogP contribution in [0.15, 0.2) is 0 Å². The van der Waals surface area contributed by atoms with Crippen molar-refractivity contribution in [1.82, 2.24) is 0 Å². The second-order valence-electron chi connectivity index (χ2n) is 10.2. The van der Waals surface area contributed by atoms with E-state index in [1.54, 1.807) is 17.7 Å². The molecule has 28 heavy (non-hydrogen) atoms. The summed E-state index contributed by atoms with van der Waals surface area (Å²) in [5.74, 6) is 4.35. The molecule has 0 aliphatic heterocycles. The molecule has 166 valence electrons. The molecular formula is C25H52OSiSn. The van der Waals surface area contributed by atoms with Gasteiger partial charge in [-0.2, -0.15) is 0 Å². The third kappa shape index (κ3) is 15.4. The molecule has 0 bridgehead atoms. The van der Waals surface area contributed by atoms with Gasteiger partial charge >= 0.3 is 184 Å². The summed E-state index contributed by atoms with van der Waals surface area (Å²) in [6.45, 7) is 14.5. The van der Waals surface area contributed by atoms with Gasteiger partial charge in [-0.25, -0.2) is 0 Å². The Kier molecular flexibility index (Phi) is 17.6. The molecule has 0 aliphatic carbocycles. The first-order valence-electron chi connectivity index (χ1n) is 12.4. The van der Waals surface area contributed by atoms with Gasteiger partial charge in [-0.15, -0.1) is 0 Å². The summed E-state index contributed by atoms with van der Waals surface area (Å²) < 4.78 is 6.46. The summed E-state index contributed by atoms with van der Waals surface area (Å²) in [6, 6.07) is 0. The van der Waals surface area contributed by atoms with Crippen LogP contribution in [0.25, 0.3) is 0 Å². The predicted octanol–water partition coefficient (Wildman–Crippen LogP) is 8.28. The average molecular weight is 515 g/mol. The summed E-state index contributed by atoms with van der Waals surface area (Å²) in [6.07, 6.45) is 14.5. The summed E-state index contributed by atoms with van der Waals surface area (Å²) in [4.78, 5) is 0. The number of unbranched alkanes of at least 4 members (excludes halogenated alkanes) is 4. The van der Waals surface area contributed by atoms with Crippen molar-refractivity contribution in [3.63, 3.8) is 0 Å². The van der Waals surface area contributed by atoms with Gasteiger partial charge in [0.1, 0.15) is 0 Å². The first kappa shape index (κ1) is 28.5. The molecule has 0 spiro atoms. The van der Waals surface area contributed by atoms with Crippen molar-refractivity contribution in [3.05, 3.63) is 0 Å². The van der Waals surface area contributed by atoms with Crippen molar-refractivity contribution in [2.45, 2.75) is 129 Å². The van der Waals surface area contributed by atoms with Crippen molar-refractivity contribution >= 4 is 26.5 Å². The molecule has 0 heterocycles. The van der Waals surface area contributed by atoms with Crippen molar-refractivity contribution in [1.29, 1.82) is 0 Å². The summed E-state index contributed by atoms with van der Waals surface area (Å²) in [7, 11) is -1.22. The number of aliphatic hydroxyl groups is 1. The first-order valence-corrected chi connectivity index (χ1v) is 24.0. The van der Waals surface area contributed by atoms with E-state index in [4.69, 9.17) is 0 Å². The molecule has 0 saturated heterocycles. The topological polar surface area (TPSA) is 20.2 Å². The van der Waals surface area contributed by atoms with Crippen LogP contribution in [0.5, 0.6) is 0 Å². The number of aliphatic hydroxyl groups excluding tert-OH is 1. The van der Waals surface area contributed by atoms with Crippen molar-refractivity contribution in [3.8, 4) is 11.5 Å². The van der Waals surface area contributed by atoms with Crippen LogP contribution in [0, 0.1) is 17.4 Å². The molecule has 0 saturated carbocycles. The minimum atomic E-state index is -2.07. The van der Waals surface area contributed by atoms with Gasteiger partial charge in [0.25, 0.3) is 0 Å². The van der Waals surface area contributed by atoms with Crippen LogP contribution in [0.3, 0.4) is 0 Å². The summed E-state index contributed by atoms with van der Waals surface area (Å²) in [5.41, 5.74) is 3.53. The molecule has 0 fully saturated rings. The van der Waals surface area contributed by atoms with Gasteiger partial charge in [-0.05, 0) is 0 Å². The molecule has 1 atom stereocenters. The minimum absolute atomic E-state index is 0.368. The molecule has 0 aromatic rings. The number of rotatable bonds is 17. The second-order valence-corrected chi connectivity index (χ2v) is 28.9. The molecule has 1 unspecified atom stereocenters. The van der Waals surface area contributed by atoms with Crippen LogP contribution in [-0.2, 0) is 0 Å². The van der Waals surface area contributed by atoms with E-state index in [0.29, 0.717) is 6.61 Å². The predicted molar refractivity (Wildman–Crippen MR) is 134 cm³/mol. The van der Waals surface area contributed by atoms with Gasteiger partial charge in [0, 0.05) is 0 Å². The molecule has 0 aliphatic rings. The Balaban J connectivity index is 5.06. The molecule has 3 heteroatoms. The molecule has 1 nitrogen and oxygen atoms in total. The Morgan fingerprint density at radius 2 is 1.29 bits per heavy atom. The molecule has 0 amide bonds. The third-order valence-electron chi connectivity index (χ3n) is 6.05. The first-order chi connectivity index (χ1) is 13.3. The summed E-state index contributed by atoms with van der Waals surface area (Å²) >= 11 is -2.07. The monoisotopic (exact) mass is 516 g/mol. The van der Waals surface area contributed by atoms with Gasteiger partial charge in [0.15, 0.2) is 0 Å². The van der Waals surface area contributed by atoms with Gasteiger partial charge in [-0.1, -0.05) is 0 Å². The number of hydrogen-bond donors (Lipinski definition) is 1. The zero-order chi connectivity index (χ0) is 21.3. The Morgan fingerprint density at radius 1 is 0.786 bits per heavy atom. The molecular weight excluding hydrogens is 463 g/mol. The van der Waals surface area contributed by atoms with E-state index < -0.39 is 26.5 Å². The Morgan fingerprint density at radius 3 is 1.71 bits per heavy atom. The normalized spacial score (nSPS) is 13.2. The van der Waals surface area contributed by atoms with Gasteiger partial charge in [0.2, 0.25) is 0 Å². The van der Waals surface area contributed by atoms with E-state index in [0.717, 1.165) is 18.8 Å². The maximum absolute atomic E-state index is 9.44. The van der Waals surface area contributed by atoms with E-state index in [1.165, 1.54) is 57.8 Å². The fourth-order valence-corrected chi connectivity index (χ4v) is 23.1. The molecule has 0 radical (unpaired) electrons. The van der Waals surface area contributed by atoms with E-state index in [1.807, 2.05) is 0 Å². The van der Waals surface area contributed by atoms with Gasteiger partial charge < -0.3 is 0 Å². The molecule has 0 aromatic carbocycles. The van der Waals surface area contributed by atoms with Crippen LogP contribution in [0.1, 0.15) is 91.4 Å². The Bertz CT molecular complexity index is 397. The fraction of sp³-hybridized carbons (Fsp3) is 0.920. The van der Waals surface area contributed by atoms with E-state index in [9.17, 15) is 5.11 Å². The van der Waals surface area contributed by atoms with Crippen LogP contribution in [0.4, 0.5) is 0 Å². The molecule has 0 aromatic heterocycles. The molecule has 1 N–H and O–H groups in total. The Hall–Kier alpha value is 0.536. The maximum atomic E-state index is 9.44. The quantitative estimate of drug-likeness (QED) is 0.117. The molecule has 0 rings (SSSR count). The van der Waals surface area contributed by atoms with Crippen molar-refractivity contribution in [2.24, 2.45) is 5.92 Å². The van der Waals surface area contributed by atoms with E-state index in [2.05, 4.69) is 51.9 Å². The van der Waals surface area contributed by atoms with Crippen LogP contribution < -0.4 is 0 Å². The van der Waals surface area contributed by atoms with Crippen LogP contribution in [-0.4, -0.2) is 38.2 Å².